The SMILES string of the molecule is CCCNc1cc(Nc2ccc(C#N)cc2)ncc1C#CCCCNC(=O)CN(C)C(=O)OC(C)(C)C. The van der Waals surface area contributed by atoms with Crippen LogP contribution in [0.15, 0.2) is 36.5 Å². The number of amides is 2. The van der Waals surface area contributed by atoms with Crippen LogP contribution in [0.4, 0.5) is 22.0 Å². The molecule has 37 heavy (non-hydrogen) atoms. The molecule has 2 amide bonds. The lowest BCUT2D eigenvalue weighted by molar-refractivity contribution is -0.122. The first-order valence-electron chi connectivity index (χ1n) is 12.3. The van der Waals surface area contributed by atoms with Gasteiger partial charge in [-0.3, -0.25) is 4.79 Å². The van der Waals surface area contributed by atoms with Crippen LogP contribution in [0.1, 0.15) is 58.1 Å². The average molecular weight is 505 g/mol. The van der Waals surface area contributed by atoms with Crippen LogP contribution in [0, 0.1) is 23.2 Å². The zero-order valence-electron chi connectivity index (χ0n) is 22.3. The summed E-state index contributed by atoms with van der Waals surface area (Å²) in [5.41, 5.74) is 2.51. The number of unbranched alkanes of at least 4 members (excludes halogenated alkanes) is 1. The molecule has 1 aromatic carbocycles. The van der Waals surface area contributed by atoms with Crippen molar-refractivity contribution < 1.29 is 14.3 Å². The third kappa shape index (κ3) is 10.9. The number of anilines is 3. The number of pyridine rings is 1. The minimum absolute atomic E-state index is 0.0679. The standard InChI is InChI=1S/C28H36N6O3/c1-6-15-30-24-17-25(33-23-13-11-21(18-29)12-14-23)32-19-22(24)10-8-7-9-16-31-26(35)20-34(5)27(36)37-28(2,3)4/h11-14,17,19H,6-7,9,15-16,20H2,1-5H3,(H,31,35)(H2,30,32,33). The molecule has 1 aromatic heterocycles. The van der Waals surface area contributed by atoms with Gasteiger partial charge < -0.3 is 25.6 Å². The Balaban J connectivity index is 1.87. The monoisotopic (exact) mass is 504 g/mol. The van der Waals surface area contributed by atoms with Crippen molar-refractivity contribution in [2.45, 2.75) is 52.6 Å². The number of carbonyl (C=O) groups excluding carboxylic acids is 2. The minimum Gasteiger partial charge on any atom is -0.444 e. The summed E-state index contributed by atoms with van der Waals surface area (Å²) in [4.78, 5) is 29.8. The van der Waals surface area contributed by atoms with Crippen molar-refractivity contribution in [1.82, 2.24) is 15.2 Å². The molecule has 2 aromatic rings. The fourth-order valence-electron chi connectivity index (χ4n) is 3.04. The summed E-state index contributed by atoms with van der Waals surface area (Å²) in [6, 6.07) is 11.2. The zero-order valence-corrected chi connectivity index (χ0v) is 22.3. The number of nitriles is 1. The van der Waals surface area contributed by atoms with Crippen LogP contribution in [0.2, 0.25) is 0 Å². The van der Waals surface area contributed by atoms with Gasteiger partial charge >= 0.3 is 6.09 Å². The number of aromatic nitrogens is 1. The number of likely N-dealkylation sites (N-methyl/N-ethyl adjacent to an activating group) is 1. The molecule has 9 nitrogen and oxygen atoms in total. The molecular formula is C28H36N6O3. The van der Waals surface area contributed by atoms with Gasteiger partial charge in [0, 0.05) is 44.5 Å². The highest BCUT2D eigenvalue weighted by Gasteiger charge is 2.20. The molecule has 0 saturated carbocycles. The number of nitrogens with one attached hydrogen (secondary N) is 3. The topological polar surface area (TPSA) is 119 Å². The Morgan fingerprint density at radius 3 is 2.54 bits per heavy atom. The molecule has 1 heterocycles. The Kier molecular flexibility index (Phi) is 11.2. The van der Waals surface area contributed by atoms with E-state index < -0.39 is 11.7 Å². The van der Waals surface area contributed by atoms with Gasteiger partial charge in [0.1, 0.15) is 18.0 Å². The highest BCUT2D eigenvalue weighted by Crippen LogP contribution is 2.21. The first kappa shape index (κ1) is 29.0. The van der Waals surface area contributed by atoms with Gasteiger partial charge in [0.25, 0.3) is 0 Å². The first-order valence-corrected chi connectivity index (χ1v) is 12.3. The quantitative estimate of drug-likeness (QED) is 0.319. The summed E-state index contributed by atoms with van der Waals surface area (Å²) < 4.78 is 5.24. The fourth-order valence-corrected chi connectivity index (χ4v) is 3.04. The maximum absolute atomic E-state index is 12.1. The van der Waals surface area contributed by atoms with E-state index in [0.29, 0.717) is 30.8 Å². The predicted octanol–water partition coefficient (Wildman–Crippen LogP) is 4.63. The number of carbonyl (C=O) groups is 2. The Morgan fingerprint density at radius 2 is 1.89 bits per heavy atom. The number of hydrogen-bond donors (Lipinski definition) is 3. The molecule has 0 unspecified atom stereocenters. The average Bonchev–Trinajstić information content (AvgIpc) is 2.85. The molecular weight excluding hydrogens is 468 g/mol. The summed E-state index contributed by atoms with van der Waals surface area (Å²) in [6.07, 6.45) is 3.44. The van der Waals surface area contributed by atoms with E-state index in [1.807, 2.05) is 18.2 Å². The molecule has 0 aliphatic rings. The van der Waals surface area contributed by atoms with E-state index in [2.05, 4.69) is 45.8 Å². The number of benzene rings is 1. The normalized spacial score (nSPS) is 10.4. The van der Waals surface area contributed by atoms with E-state index in [-0.39, 0.29) is 12.5 Å². The molecule has 9 heteroatoms. The second-order valence-electron chi connectivity index (χ2n) is 9.45. The summed E-state index contributed by atoms with van der Waals surface area (Å²) in [6.45, 7) is 8.63. The molecule has 0 spiro atoms. The predicted molar refractivity (Wildman–Crippen MR) is 145 cm³/mol. The molecule has 3 N–H and O–H groups in total. The number of nitrogens with zero attached hydrogens (tertiary/aromatic N) is 3. The van der Waals surface area contributed by atoms with Gasteiger partial charge in [-0.2, -0.15) is 5.26 Å². The third-order valence-corrected chi connectivity index (χ3v) is 4.87. The Labute approximate surface area is 219 Å². The number of hydrogen-bond acceptors (Lipinski definition) is 7. The second kappa shape index (κ2) is 14.4. The van der Waals surface area contributed by atoms with Gasteiger partial charge in [0.2, 0.25) is 5.91 Å². The summed E-state index contributed by atoms with van der Waals surface area (Å²) >= 11 is 0. The van der Waals surface area contributed by atoms with Crippen LogP contribution < -0.4 is 16.0 Å². The summed E-state index contributed by atoms with van der Waals surface area (Å²) in [5, 5.41) is 18.4. The van der Waals surface area contributed by atoms with E-state index in [4.69, 9.17) is 10.00 Å². The molecule has 0 aliphatic carbocycles. The second-order valence-corrected chi connectivity index (χ2v) is 9.45. The van der Waals surface area contributed by atoms with Crippen molar-refractivity contribution in [3.8, 4) is 17.9 Å². The van der Waals surface area contributed by atoms with Crippen molar-refractivity contribution in [1.29, 1.82) is 5.26 Å². The van der Waals surface area contributed by atoms with Gasteiger partial charge in [-0.05, 0) is 57.9 Å². The lowest BCUT2D eigenvalue weighted by Gasteiger charge is -2.24. The highest BCUT2D eigenvalue weighted by atomic mass is 16.6. The van der Waals surface area contributed by atoms with Crippen molar-refractivity contribution in [3.63, 3.8) is 0 Å². The molecule has 0 radical (unpaired) electrons. The molecule has 0 aliphatic heterocycles. The van der Waals surface area contributed by atoms with Gasteiger partial charge in [0.15, 0.2) is 0 Å². The van der Waals surface area contributed by atoms with Crippen molar-refractivity contribution in [2.24, 2.45) is 0 Å². The lowest BCUT2D eigenvalue weighted by Crippen LogP contribution is -2.41. The third-order valence-electron chi connectivity index (χ3n) is 4.87. The van der Waals surface area contributed by atoms with E-state index >= 15 is 0 Å². The number of rotatable bonds is 10. The smallest absolute Gasteiger partial charge is 0.410 e. The Bertz CT molecular complexity index is 1150. The molecule has 0 bridgehead atoms. The van der Waals surface area contributed by atoms with E-state index in [0.717, 1.165) is 29.9 Å². The zero-order chi connectivity index (χ0) is 27.3. The van der Waals surface area contributed by atoms with Crippen molar-refractivity contribution in [2.75, 3.05) is 37.3 Å². The maximum atomic E-state index is 12.1. The van der Waals surface area contributed by atoms with Crippen LogP contribution in [-0.4, -0.2) is 54.2 Å². The Hall–Kier alpha value is -4.24. The van der Waals surface area contributed by atoms with Crippen LogP contribution in [0.25, 0.3) is 0 Å². The van der Waals surface area contributed by atoms with Crippen LogP contribution in [0.3, 0.4) is 0 Å². The molecule has 0 fully saturated rings. The minimum atomic E-state index is -0.607. The molecule has 196 valence electrons. The van der Waals surface area contributed by atoms with Crippen molar-refractivity contribution >= 4 is 29.2 Å². The first-order chi connectivity index (χ1) is 17.6. The molecule has 2 rings (SSSR count). The van der Waals surface area contributed by atoms with Crippen molar-refractivity contribution in [3.05, 3.63) is 47.7 Å². The van der Waals surface area contributed by atoms with Gasteiger partial charge in [-0.1, -0.05) is 18.8 Å². The maximum Gasteiger partial charge on any atom is 0.410 e. The van der Waals surface area contributed by atoms with Gasteiger partial charge in [0.05, 0.1) is 22.9 Å². The summed E-state index contributed by atoms with van der Waals surface area (Å²) in [7, 11) is 1.53. The highest BCUT2D eigenvalue weighted by molar-refractivity contribution is 5.82. The molecule has 0 atom stereocenters. The fraction of sp³-hybridized carbons (Fsp3) is 0.429. The van der Waals surface area contributed by atoms with Crippen LogP contribution in [0.5, 0.6) is 0 Å². The van der Waals surface area contributed by atoms with Gasteiger partial charge in [-0.25, -0.2) is 9.78 Å². The van der Waals surface area contributed by atoms with Crippen LogP contribution in [-0.2, 0) is 9.53 Å². The number of ether oxygens (including phenoxy) is 1. The van der Waals surface area contributed by atoms with Gasteiger partial charge in [-0.15, -0.1) is 0 Å². The van der Waals surface area contributed by atoms with E-state index in [1.54, 1.807) is 39.1 Å². The van der Waals surface area contributed by atoms with Crippen LogP contribution >= 0.6 is 0 Å². The lowest BCUT2D eigenvalue weighted by atomic mass is 10.2. The largest absolute Gasteiger partial charge is 0.444 e. The van der Waals surface area contributed by atoms with E-state index in [9.17, 15) is 9.59 Å². The van der Waals surface area contributed by atoms with E-state index in [1.165, 1.54) is 11.9 Å². The molecule has 0 saturated heterocycles. The summed E-state index contributed by atoms with van der Waals surface area (Å²) in [5.74, 6) is 6.73. The Morgan fingerprint density at radius 1 is 1.16 bits per heavy atom.